The van der Waals surface area contributed by atoms with Crippen molar-refractivity contribution in [2.24, 2.45) is 5.92 Å². The molecule has 0 bridgehead atoms. The number of hydrogen-bond acceptors (Lipinski definition) is 6. The van der Waals surface area contributed by atoms with Crippen LogP contribution in [0.3, 0.4) is 0 Å². The maximum atomic E-state index is 5.29. The van der Waals surface area contributed by atoms with Gasteiger partial charge in [-0.15, -0.1) is 0 Å². The quantitative estimate of drug-likeness (QED) is 0.885. The molecule has 0 unspecified atom stereocenters. The van der Waals surface area contributed by atoms with E-state index in [2.05, 4.69) is 28.5 Å². The maximum absolute atomic E-state index is 5.29. The van der Waals surface area contributed by atoms with Crippen LogP contribution >= 0.6 is 11.5 Å². The Morgan fingerprint density at radius 3 is 2.60 bits per heavy atom. The predicted molar refractivity (Wildman–Crippen MR) is 81.8 cm³/mol. The van der Waals surface area contributed by atoms with Crippen LogP contribution in [-0.2, 0) is 0 Å². The SMILES string of the molecule is COc1ccc(-c2nsc(NCC(C)C)n2)cc1OC. The normalized spacial score (nSPS) is 10.7. The summed E-state index contributed by atoms with van der Waals surface area (Å²) in [5.74, 6) is 2.65. The molecule has 0 amide bonds. The fourth-order valence-electron chi connectivity index (χ4n) is 1.68. The summed E-state index contributed by atoms with van der Waals surface area (Å²) >= 11 is 1.37. The first-order valence-electron chi connectivity index (χ1n) is 6.44. The third kappa shape index (κ3) is 3.39. The van der Waals surface area contributed by atoms with Gasteiger partial charge in [0.1, 0.15) is 0 Å². The summed E-state index contributed by atoms with van der Waals surface area (Å²) in [6.07, 6.45) is 0. The largest absolute Gasteiger partial charge is 0.493 e. The van der Waals surface area contributed by atoms with Crippen LogP contribution in [0.25, 0.3) is 11.4 Å². The molecular formula is C14H19N3O2S. The van der Waals surface area contributed by atoms with Crippen LogP contribution in [0.15, 0.2) is 18.2 Å². The monoisotopic (exact) mass is 293 g/mol. The molecule has 108 valence electrons. The minimum absolute atomic E-state index is 0.573. The average molecular weight is 293 g/mol. The summed E-state index contributed by atoms with van der Waals surface area (Å²) in [4.78, 5) is 4.48. The van der Waals surface area contributed by atoms with Gasteiger partial charge in [0.05, 0.1) is 14.2 Å². The summed E-state index contributed by atoms with van der Waals surface area (Å²) in [7, 11) is 3.23. The summed E-state index contributed by atoms with van der Waals surface area (Å²) in [6, 6.07) is 5.67. The predicted octanol–water partition coefficient (Wildman–Crippen LogP) is 3.29. The Labute approximate surface area is 123 Å². The van der Waals surface area contributed by atoms with E-state index in [4.69, 9.17) is 9.47 Å². The van der Waals surface area contributed by atoms with Crippen molar-refractivity contribution < 1.29 is 9.47 Å². The molecule has 0 aliphatic carbocycles. The molecule has 2 rings (SSSR count). The van der Waals surface area contributed by atoms with Crippen LogP contribution in [-0.4, -0.2) is 30.1 Å². The van der Waals surface area contributed by atoms with Crippen molar-refractivity contribution in [3.63, 3.8) is 0 Å². The number of methoxy groups -OCH3 is 2. The Morgan fingerprint density at radius 1 is 1.20 bits per heavy atom. The van der Waals surface area contributed by atoms with Crippen molar-refractivity contribution >= 4 is 16.7 Å². The third-order valence-electron chi connectivity index (χ3n) is 2.73. The number of nitrogens with zero attached hydrogens (tertiary/aromatic N) is 2. The summed E-state index contributed by atoms with van der Waals surface area (Å²) in [5.41, 5.74) is 0.913. The number of rotatable bonds is 6. The average Bonchev–Trinajstić information content (AvgIpc) is 2.93. The van der Waals surface area contributed by atoms with Gasteiger partial charge >= 0.3 is 0 Å². The molecule has 5 nitrogen and oxygen atoms in total. The standard InChI is InChI=1S/C14H19N3O2S/c1-9(2)8-15-14-16-13(17-20-14)10-5-6-11(18-3)12(7-10)19-4/h5-7,9H,8H2,1-4H3,(H,15,16,17). The van der Waals surface area contributed by atoms with Crippen molar-refractivity contribution in [2.45, 2.75) is 13.8 Å². The molecule has 0 radical (unpaired) electrons. The topological polar surface area (TPSA) is 56.3 Å². The molecule has 0 saturated carbocycles. The Balaban J connectivity index is 2.19. The van der Waals surface area contributed by atoms with Crippen molar-refractivity contribution in [1.82, 2.24) is 9.36 Å². The zero-order chi connectivity index (χ0) is 14.5. The number of aromatic nitrogens is 2. The van der Waals surface area contributed by atoms with E-state index in [-0.39, 0.29) is 0 Å². The van der Waals surface area contributed by atoms with Crippen molar-refractivity contribution in [3.8, 4) is 22.9 Å². The molecule has 0 atom stereocenters. The molecule has 6 heteroatoms. The second kappa shape index (κ2) is 6.56. The number of anilines is 1. The van der Waals surface area contributed by atoms with Gasteiger partial charge in [0.2, 0.25) is 5.13 Å². The van der Waals surface area contributed by atoms with Crippen LogP contribution < -0.4 is 14.8 Å². The van der Waals surface area contributed by atoms with Crippen LogP contribution in [0.1, 0.15) is 13.8 Å². The second-order valence-electron chi connectivity index (χ2n) is 4.77. The lowest BCUT2D eigenvalue weighted by Gasteiger charge is -2.07. The van der Waals surface area contributed by atoms with Gasteiger partial charge in [-0.3, -0.25) is 0 Å². The minimum Gasteiger partial charge on any atom is -0.493 e. The third-order valence-corrected chi connectivity index (χ3v) is 3.40. The summed E-state index contributed by atoms with van der Waals surface area (Å²) < 4.78 is 14.9. The molecule has 0 aliphatic heterocycles. The first-order chi connectivity index (χ1) is 9.63. The highest BCUT2D eigenvalue weighted by molar-refractivity contribution is 7.09. The first kappa shape index (κ1) is 14.6. The molecular weight excluding hydrogens is 274 g/mol. The fourth-order valence-corrected chi connectivity index (χ4v) is 2.27. The molecule has 1 N–H and O–H groups in total. The van der Waals surface area contributed by atoms with Crippen molar-refractivity contribution in [2.75, 3.05) is 26.1 Å². The maximum Gasteiger partial charge on any atom is 0.202 e. The first-order valence-corrected chi connectivity index (χ1v) is 7.21. The molecule has 2 aromatic rings. The Morgan fingerprint density at radius 2 is 1.95 bits per heavy atom. The van der Waals surface area contributed by atoms with Crippen molar-refractivity contribution in [3.05, 3.63) is 18.2 Å². The van der Waals surface area contributed by atoms with E-state index in [1.165, 1.54) is 11.5 Å². The molecule has 1 aromatic carbocycles. The zero-order valence-corrected chi connectivity index (χ0v) is 13.0. The van der Waals surface area contributed by atoms with E-state index in [1.807, 2.05) is 18.2 Å². The smallest absolute Gasteiger partial charge is 0.202 e. The molecule has 1 aromatic heterocycles. The molecule has 1 heterocycles. The molecule has 0 spiro atoms. The van der Waals surface area contributed by atoms with E-state index in [1.54, 1.807) is 14.2 Å². The lowest BCUT2D eigenvalue weighted by molar-refractivity contribution is 0.355. The zero-order valence-electron chi connectivity index (χ0n) is 12.1. The van der Waals surface area contributed by atoms with Gasteiger partial charge in [-0.2, -0.15) is 9.36 Å². The Hall–Kier alpha value is -1.82. The number of nitrogens with one attached hydrogen (secondary N) is 1. The van der Waals surface area contributed by atoms with Gasteiger partial charge in [-0.05, 0) is 24.1 Å². The number of ether oxygens (including phenoxy) is 2. The van der Waals surface area contributed by atoms with Gasteiger partial charge < -0.3 is 14.8 Å². The lowest BCUT2D eigenvalue weighted by Crippen LogP contribution is -2.07. The molecule has 20 heavy (non-hydrogen) atoms. The molecule has 0 fully saturated rings. The van der Waals surface area contributed by atoms with Gasteiger partial charge in [0, 0.05) is 23.6 Å². The number of hydrogen-bond donors (Lipinski definition) is 1. The van der Waals surface area contributed by atoms with Gasteiger partial charge in [0.25, 0.3) is 0 Å². The second-order valence-corrected chi connectivity index (χ2v) is 5.52. The lowest BCUT2D eigenvalue weighted by atomic mass is 10.2. The number of benzene rings is 1. The fraction of sp³-hybridized carbons (Fsp3) is 0.429. The van der Waals surface area contributed by atoms with E-state index >= 15 is 0 Å². The Kier molecular flexibility index (Phi) is 4.79. The van der Waals surface area contributed by atoms with Crippen LogP contribution in [0.5, 0.6) is 11.5 Å². The highest BCUT2D eigenvalue weighted by Crippen LogP contribution is 2.32. The summed E-state index contributed by atoms with van der Waals surface area (Å²) in [6.45, 7) is 5.20. The van der Waals surface area contributed by atoms with E-state index in [9.17, 15) is 0 Å². The van der Waals surface area contributed by atoms with Gasteiger partial charge in [-0.1, -0.05) is 13.8 Å². The van der Waals surface area contributed by atoms with Crippen LogP contribution in [0.4, 0.5) is 5.13 Å². The molecule has 0 aliphatic rings. The van der Waals surface area contributed by atoms with E-state index in [0.717, 1.165) is 17.2 Å². The minimum atomic E-state index is 0.573. The van der Waals surface area contributed by atoms with Crippen LogP contribution in [0.2, 0.25) is 0 Å². The highest BCUT2D eigenvalue weighted by atomic mass is 32.1. The van der Waals surface area contributed by atoms with Crippen LogP contribution in [0, 0.1) is 5.92 Å². The van der Waals surface area contributed by atoms with E-state index in [0.29, 0.717) is 23.2 Å². The van der Waals surface area contributed by atoms with Gasteiger partial charge in [-0.25, -0.2) is 0 Å². The summed E-state index contributed by atoms with van der Waals surface area (Å²) in [5, 5.41) is 4.11. The van der Waals surface area contributed by atoms with Gasteiger partial charge in [0.15, 0.2) is 17.3 Å². The Bertz CT molecular complexity index is 569. The van der Waals surface area contributed by atoms with Crippen molar-refractivity contribution in [1.29, 1.82) is 0 Å². The molecule has 0 saturated heterocycles. The highest BCUT2D eigenvalue weighted by Gasteiger charge is 2.10. The van der Waals surface area contributed by atoms with E-state index < -0.39 is 0 Å².